The molecule has 0 saturated heterocycles. The molecule has 1 unspecified atom stereocenters. The summed E-state index contributed by atoms with van der Waals surface area (Å²) < 4.78 is 0. The molecule has 0 bridgehead atoms. The van der Waals surface area contributed by atoms with Crippen LogP contribution in [0.2, 0.25) is 0 Å². The molecule has 0 aliphatic heterocycles. The molecule has 1 aromatic rings. The normalized spacial score (nSPS) is 18.5. The van der Waals surface area contributed by atoms with Crippen molar-refractivity contribution in [3.8, 4) is 0 Å². The first-order valence-corrected chi connectivity index (χ1v) is 9.33. The number of carbonyl (C=O) groups is 2. The number of nitrogens with one attached hydrogen (secondary N) is 2. The summed E-state index contributed by atoms with van der Waals surface area (Å²) in [5.41, 5.74) is 1.12. The Bertz CT molecular complexity index is 555. The summed E-state index contributed by atoms with van der Waals surface area (Å²) >= 11 is 0. The summed E-state index contributed by atoms with van der Waals surface area (Å²) in [5, 5.41) is 15.4. The molecule has 1 fully saturated rings. The van der Waals surface area contributed by atoms with Gasteiger partial charge < -0.3 is 10.4 Å². The van der Waals surface area contributed by atoms with Crippen LogP contribution in [0.25, 0.3) is 0 Å². The molecule has 5 nitrogen and oxygen atoms in total. The zero-order chi connectivity index (χ0) is 18.2. The first kappa shape index (κ1) is 19.4. The molecule has 1 aromatic carbocycles. The molecule has 3 N–H and O–H groups in total. The average molecular weight is 346 g/mol. The van der Waals surface area contributed by atoms with Gasteiger partial charge in [-0.2, -0.15) is 0 Å². The number of carboxylic acid groups (broad SMARTS) is 1. The number of rotatable bonds is 9. The highest BCUT2D eigenvalue weighted by Crippen LogP contribution is 2.35. The van der Waals surface area contributed by atoms with Crippen molar-refractivity contribution in [2.75, 3.05) is 6.54 Å². The van der Waals surface area contributed by atoms with E-state index in [1.54, 1.807) is 0 Å². The number of carboxylic acids is 1. The van der Waals surface area contributed by atoms with Gasteiger partial charge in [-0.05, 0) is 30.2 Å². The van der Waals surface area contributed by atoms with Crippen LogP contribution in [0.5, 0.6) is 0 Å². The van der Waals surface area contributed by atoms with Gasteiger partial charge in [-0.25, -0.2) is 0 Å². The molecule has 2 rings (SSSR count). The summed E-state index contributed by atoms with van der Waals surface area (Å²) in [5.74, 6) is -0.617. The third-order valence-corrected chi connectivity index (χ3v) is 5.31. The van der Waals surface area contributed by atoms with Gasteiger partial charge in [-0.15, -0.1) is 0 Å². The van der Waals surface area contributed by atoms with Crippen molar-refractivity contribution in [3.05, 3.63) is 35.9 Å². The average Bonchev–Trinajstić information content (AvgIpc) is 3.14. The molecule has 3 atom stereocenters. The van der Waals surface area contributed by atoms with E-state index in [9.17, 15) is 14.7 Å². The van der Waals surface area contributed by atoms with E-state index < -0.39 is 12.0 Å². The first-order valence-electron chi connectivity index (χ1n) is 9.33. The number of carbonyl (C=O) groups excluding carboxylic acids is 1. The number of hydrogen-bond donors (Lipinski definition) is 3. The van der Waals surface area contributed by atoms with Gasteiger partial charge in [-0.3, -0.25) is 14.9 Å². The molecule has 0 radical (unpaired) electrons. The molecule has 1 saturated carbocycles. The van der Waals surface area contributed by atoms with Crippen molar-refractivity contribution in [1.82, 2.24) is 10.6 Å². The van der Waals surface area contributed by atoms with Crippen LogP contribution >= 0.6 is 0 Å². The highest BCUT2D eigenvalue weighted by molar-refractivity contribution is 5.80. The lowest BCUT2D eigenvalue weighted by Gasteiger charge is -2.26. The smallest absolute Gasteiger partial charge is 0.320 e. The van der Waals surface area contributed by atoms with Crippen molar-refractivity contribution >= 4 is 11.9 Å². The zero-order valence-corrected chi connectivity index (χ0v) is 15.2. The van der Waals surface area contributed by atoms with Crippen LogP contribution in [0.3, 0.4) is 0 Å². The second-order valence-electron chi connectivity index (χ2n) is 7.08. The highest BCUT2D eigenvalue weighted by Gasteiger charge is 2.28. The van der Waals surface area contributed by atoms with E-state index in [0.717, 1.165) is 24.8 Å². The van der Waals surface area contributed by atoms with Crippen LogP contribution < -0.4 is 10.6 Å². The van der Waals surface area contributed by atoms with Gasteiger partial charge in [0.1, 0.15) is 6.04 Å². The largest absolute Gasteiger partial charge is 0.480 e. The highest BCUT2D eigenvalue weighted by atomic mass is 16.4. The molecule has 0 heterocycles. The lowest BCUT2D eigenvalue weighted by molar-refractivity contribution is -0.141. The van der Waals surface area contributed by atoms with Crippen molar-refractivity contribution < 1.29 is 14.7 Å². The maximum absolute atomic E-state index is 12.5. The maximum Gasteiger partial charge on any atom is 0.320 e. The lowest BCUT2D eigenvalue weighted by Crippen LogP contribution is -2.47. The molecule has 25 heavy (non-hydrogen) atoms. The molecule has 1 aliphatic rings. The van der Waals surface area contributed by atoms with E-state index >= 15 is 0 Å². The van der Waals surface area contributed by atoms with Crippen LogP contribution in [-0.2, 0) is 9.59 Å². The number of aliphatic carboxylic acids is 1. The van der Waals surface area contributed by atoms with Crippen LogP contribution in [0.1, 0.15) is 57.6 Å². The second-order valence-corrected chi connectivity index (χ2v) is 7.08. The molecule has 1 aliphatic carbocycles. The summed E-state index contributed by atoms with van der Waals surface area (Å²) in [4.78, 5) is 23.8. The van der Waals surface area contributed by atoms with Crippen LogP contribution in [0.4, 0.5) is 0 Å². The first-order chi connectivity index (χ1) is 12.0. The van der Waals surface area contributed by atoms with E-state index in [1.165, 1.54) is 12.8 Å². The van der Waals surface area contributed by atoms with E-state index in [-0.39, 0.29) is 24.4 Å². The van der Waals surface area contributed by atoms with E-state index in [4.69, 9.17) is 0 Å². The van der Waals surface area contributed by atoms with E-state index in [0.29, 0.717) is 5.92 Å². The van der Waals surface area contributed by atoms with Crippen molar-refractivity contribution in [1.29, 1.82) is 0 Å². The molecule has 138 valence electrons. The number of hydrogen-bond acceptors (Lipinski definition) is 3. The third-order valence-electron chi connectivity index (χ3n) is 5.31. The SMILES string of the molecule is CC[C@H](C)[C@H](NCC(=O)NC(c1ccccc1)C1CCCC1)C(=O)O. The predicted molar refractivity (Wildman–Crippen MR) is 98.2 cm³/mol. The van der Waals surface area contributed by atoms with Crippen LogP contribution in [0, 0.1) is 11.8 Å². The third kappa shape index (κ3) is 5.56. The number of benzene rings is 1. The topological polar surface area (TPSA) is 78.4 Å². The summed E-state index contributed by atoms with van der Waals surface area (Å²) in [6.07, 6.45) is 5.41. The molecule has 1 amide bonds. The fourth-order valence-electron chi connectivity index (χ4n) is 3.62. The minimum absolute atomic E-state index is 0.00452. The van der Waals surface area contributed by atoms with E-state index in [2.05, 4.69) is 22.8 Å². The van der Waals surface area contributed by atoms with Gasteiger partial charge in [-0.1, -0.05) is 63.4 Å². The monoisotopic (exact) mass is 346 g/mol. The Labute approximate surface area is 150 Å². The minimum atomic E-state index is -0.905. The second kappa shape index (κ2) is 9.56. The van der Waals surface area contributed by atoms with Crippen LogP contribution in [-0.4, -0.2) is 29.6 Å². The Morgan fingerprint density at radius 1 is 1.20 bits per heavy atom. The van der Waals surface area contributed by atoms with Gasteiger partial charge in [0.2, 0.25) is 5.91 Å². The Morgan fingerprint density at radius 3 is 2.40 bits per heavy atom. The number of amides is 1. The molecular weight excluding hydrogens is 316 g/mol. The fraction of sp³-hybridized carbons (Fsp3) is 0.600. The molecule has 0 spiro atoms. The van der Waals surface area contributed by atoms with E-state index in [1.807, 2.05) is 32.0 Å². The van der Waals surface area contributed by atoms with Crippen molar-refractivity contribution in [2.24, 2.45) is 11.8 Å². The molecule has 5 heteroatoms. The lowest BCUT2D eigenvalue weighted by atomic mass is 9.91. The van der Waals surface area contributed by atoms with Gasteiger partial charge in [0, 0.05) is 0 Å². The summed E-state index contributed by atoms with van der Waals surface area (Å²) in [6, 6.07) is 9.37. The Kier molecular flexibility index (Phi) is 7.44. The van der Waals surface area contributed by atoms with Gasteiger partial charge in [0.25, 0.3) is 0 Å². The Hall–Kier alpha value is -1.88. The Balaban J connectivity index is 1.98. The van der Waals surface area contributed by atoms with Crippen LogP contribution in [0.15, 0.2) is 30.3 Å². The van der Waals surface area contributed by atoms with Gasteiger partial charge in [0.15, 0.2) is 0 Å². The summed E-state index contributed by atoms with van der Waals surface area (Å²) in [6.45, 7) is 3.86. The molecular formula is C20H30N2O3. The quantitative estimate of drug-likeness (QED) is 0.642. The van der Waals surface area contributed by atoms with Gasteiger partial charge in [0.05, 0.1) is 12.6 Å². The maximum atomic E-state index is 12.5. The standard InChI is InChI=1S/C20H30N2O3/c1-3-14(2)18(20(24)25)21-13-17(23)22-19(16-11-7-8-12-16)15-9-5-4-6-10-15/h4-6,9-10,14,16,18-19,21H,3,7-8,11-13H2,1-2H3,(H,22,23)(H,24,25)/t14-,18-,19?/m0/s1. The predicted octanol–water partition coefficient (Wildman–Crippen LogP) is 3.12. The summed E-state index contributed by atoms with van der Waals surface area (Å²) in [7, 11) is 0. The fourth-order valence-corrected chi connectivity index (χ4v) is 3.62. The van der Waals surface area contributed by atoms with Crippen molar-refractivity contribution in [2.45, 2.75) is 58.0 Å². The molecule has 0 aromatic heterocycles. The minimum Gasteiger partial charge on any atom is -0.480 e. The van der Waals surface area contributed by atoms with Gasteiger partial charge >= 0.3 is 5.97 Å². The van der Waals surface area contributed by atoms with Crippen molar-refractivity contribution in [3.63, 3.8) is 0 Å². The Morgan fingerprint density at radius 2 is 1.84 bits per heavy atom. The zero-order valence-electron chi connectivity index (χ0n) is 15.2.